The molecule has 1 saturated heterocycles. The van der Waals surface area contributed by atoms with E-state index in [1.165, 1.54) is 0 Å². The monoisotopic (exact) mass is 244 g/mol. The first kappa shape index (κ1) is 11.4. The Morgan fingerprint density at radius 1 is 1.44 bits per heavy atom. The molecule has 3 rings (SSSR count). The zero-order chi connectivity index (χ0) is 12.4. The van der Waals surface area contributed by atoms with Crippen LogP contribution in [0.4, 0.5) is 0 Å². The van der Waals surface area contributed by atoms with E-state index in [0.29, 0.717) is 6.61 Å². The summed E-state index contributed by atoms with van der Waals surface area (Å²) in [6.45, 7) is 4.33. The molecule has 0 radical (unpaired) electrons. The van der Waals surface area contributed by atoms with Gasteiger partial charge in [-0.2, -0.15) is 0 Å². The van der Waals surface area contributed by atoms with Gasteiger partial charge >= 0.3 is 0 Å². The summed E-state index contributed by atoms with van der Waals surface area (Å²) < 4.78 is 5.46. The third-order valence-electron chi connectivity index (χ3n) is 3.09. The third-order valence-corrected chi connectivity index (χ3v) is 3.09. The van der Waals surface area contributed by atoms with Crippen LogP contribution in [0.5, 0.6) is 0 Å². The van der Waals surface area contributed by atoms with Crippen LogP contribution in [0.1, 0.15) is 17.6 Å². The maximum atomic E-state index is 5.46. The molecule has 3 heterocycles. The van der Waals surface area contributed by atoms with Crippen molar-refractivity contribution >= 4 is 0 Å². The van der Waals surface area contributed by atoms with Gasteiger partial charge in [0.25, 0.3) is 0 Å². The normalized spacial score (nSPS) is 19.9. The van der Waals surface area contributed by atoms with Crippen LogP contribution in [0.15, 0.2) is 24.5 Å². The minimum Gasteiger partial charge on any atom is -0.378 e. The van der Waals surface area contributed by atoms with Crippen molar-refractivity contribution < 1.29 is 4.74 Å². The number of hydrogen-bond donors (Lipinski definition) is 2. The van der Waals surface area contributed by atoms with Gasteiger partial charge in [0, 0.05) is 30.2 Å². The van der Waals surface area contributed by atoms with Gasteiger partial charge in [0.2, 0.25) is 0 Å². The zero-order valence-corrected chi connectivity index (χ0v) is 10.3. The Labute approximate surface area is 106 Å². The number of aromatic nitrogens is 3. The van der Waals surface area contributed by atoms with Crippen LogP contribution in [0.25, 0.3) is 11.3 Å². The van der Waals surface area contributed by atoms with Gasteiger partial charge in [-0.3, -0.25) is 4.98 Å². The average Bonchev–Trinajstić information content (AvgIpc) is 2.83. The molecule has 1 aliphatic heterocycles. The second-order valence-electron chi connectivity index (χ2n) is 4.42. The Hall–Kier alpha value is -1.72. The number of aryl methyl sites for hydroxylation is 1. The minimum absolute atomic E-state index is 0.155. The predicted octanol–water partition coefficient (Wildman–Crippen LogP) is 1.44. The Kier molecular flexibility index (Phi) is 3.08. The quantitative estimate of drug-likeness (QED) is 0.839. The van der Waals surface area contributed by atoms with Crippen LogP contribution >= 0.6 is 0 Å². The van der Waals surface area contributed by atoms with Gasteiger partial charge in [-0.05, 0) is 19.1 Å². The zero-order valence-electron chi connectivity index (χ0n) is 10.3. The second-order valence-corrected chi connectivity index (χ2v) is 4.42. The summed E-state index contributed by atoms with van der Waals surface area (Å²) in [5.41, 5.74) is 3.06. The van der Waals surface area contributed by atoms with Crippen molar-refractivity contribution in [3.8, 4) is 11.3 Å². The summed E-state index contributed by atoms with van der Waals surface area (Å²) in [5, 5.41) is 3.39. The topological polar surface area (TPSA) is 62.8 Å². The lowest BCUT2D eigenvalue weighted by molar-refractivity contribution is 0.0745. The van der Waals surface area contributed by atoms with Crippen LogP contribution in [0, 0.1) is 6.92 Å². The van der Waals surface area contributed by atoms with Gasteiger partial charge in [0.05, 0.1) is 24.9 Å². The number of morpholine rings is 1. The molecule has 0 aliphatic carbocycles. The van der Waals surface area contributed by atoms with Crippen molar-refractivity contribution in [1.82, 2.24) is 20.3 Å². The SMILES string of the molecule is Cc1[nH]c(C2COCCN2)nc1-c1cccnc1. The van der Waals surface area contributed by atoms with Gasteiger partial charge in [-0.1, -0.05) is 0 Å². The van der Waals surface area contributed by atoms with Gasteiger partial charge in [0.15, 0.2) is 0 Å². The maximum absolute atomic E-state index is 5.46. The molecular weight excluding hydrogens is 228 g/mol. The molecule has 0 aromatic carbocycles. The molecule has 0 bridgehead atoms. The van der Waals surface area contributed by atoms with Crippen molar-refractivity contribution in [3.63, 3.8) is 0 Å². The van der Waals surface area contributed by atoms with Crippen molar-refractivity contribution in [2.45, 2.75) is 13.0 Å². The number of rotatable bonds is 2. The molecular formula is C13H16N4O. The molecule has 1 fully saturated rings. The minimum atomic E-state index is 0.155. The van der Waals surface area contributed by atoms with E-state index in [-0.39, 0.29) is 6.04 Å². The molecule has 18 heavy (non-hydrogen) atoms. The first-order valence-corrected chi connectivity index (χ1v) is 6.12. The van der Waals surface area contributed by atoms with Crippen LogP contribution in [0.3, 0.4) is 0 Å². The fourth-order valence-corrected chi connectivity index (χ4v) is 2.17. The molecule has 5 nitrogen and oxygen atoms in total. The molecule has 2 N–H and O–H groups in total. The summed E-state index contributed by atoms with van der Waals surface area (Å²) in [7, 11) is 0. The number of pyridine rings is 1. The van der Waals surface area contributed by atoms with E-state index >= 15 is 0 Å². The lowest BCUT2D eigenvalue weighted by atomic mass is 10.2. The van der Waals surface area contributed by atoms with E-state index in [0.717, 1.165) is 35.9 Å². The van der Waals surface area contributed by atoms with Crippen LogP contribution < -0.4 is 5.32 Å². The molecule has 0 saturated carbocycles. The number of nitrogens with zero attached hydrogens (tertiary/aromatic N) is 2. The number of H-pyrrole nitrogens is 1. The highest BCUT2D eigenvalue weighted by Crippen LogP contribution is 2.23. The van der Waals surface area contributed by atoms with E-state index in [4.69, 9.17) is 4.74 Å². The number of ether oxygens (including phenoxy) is 1. The number of nitrogens with one attached hydrogen (secondary N) is 2. The fourth-order valence-electron chi connectivity index (χ4n) is 2.17. The summed E-state index contributed by atoms with van der Waals surface area (Å²) >= 11 is 0. The number of imidazole rings is 1. The summed E-state index contributed by atoms with van der Waals surface area (Å²) in [6, 6.07) is 4.10. The number of hydrogen-bond acceptors (Lipinski definition) is 4. The first-order valence-electron chi connectivity index (χ1n) is 6.12. The lowest BCUT2D eigenvalue weighted by Gasteiger charge is -2.21. The average molecular weight is 244 g/mol. The molecule has 2 aromatic rings. The van der Waals surface area contributed by atoms with Gasteiger partial charge < -0.3 is 15.0 Å². The maximum Gasteiger partial charge on any atom is 0.126 e. The van der Waals surface area contributed by atoms with Gasteiger partial charge in [-0.15, -0.1) is 0 Å². The molecule has 94 valence electrons. The Balaban J connectivity index is 1.91. The lowest BCUT2D eigenvalue weighted by Crippen LogP contribution is -2.35. The largest absolute Gasteiger partial charge is 0.378 e. The standard InChI is InChI=1S/C13H16N4O/c1-9-12(10-3-2-4-14-7-10)17-13(16-9)11-8-18-6-5-15-11/h2-4,7,11,15H,5-6,8H2,1H3,(H,16,17). The van der Waals surface area contributed by atoms with E-state index in [9.17, 15) is 0 Å². The smallest absolute Gasteiger partial charge is 0.126 e. The molecule has 1 atom stereocenters. The van der Waals surface area contributed by atoms with Crippen molar-refractivity contribution in [2.24, 2.45) is 0 Å². The first-order chi connectivity index (χ1) is 8.84. The van der Waals surface area contributed by atoms with E-state index < -0.39 is 0 Å². The summed E-state index contributed by atoms with van der Waals surface area (Å²) in [6.07, 6.45) is 3.60. The third kappa shape index (κ3) is 2.14. The predicted molar refractivity (Wildman–Crippen MR) is 68.1 cm³/mol. The Morgan fingerprint density at radius 2 is 2.39 bits per heavy atom. The van der Waals surface area contributed by atoms with E-state index in [1.54, 1.807) is 6.20 Å². The van der Waals surface area contributed by atoms with Crippen LogP contribution in [-0.2, 0) is 4.74 Å². The highest BCUT2D eigenvalue weighted by molar-refractivity contribution is 5.60. The molecule has 0 amide bonds. The summed E-state index contributed by atoms with van der Waals surface area (Å²) in [5.74, 6) is 0.936. The highest BCUT2D eigenvalue weighted by atomic mass is 16.5. The highest BCUT2D eigenvalue weighted by Gasteiger charge is 2.20. The van der Waals surface area contributed by atoms with Gasteiger partial charge in [-0.25, -0.2) is 4.98 Å². The fraction of sp³-hybridized carbons (Fsp3) is 0.385. The molecule has 5 heteroatoms. The Morgan fingerprint density at radius 3 is 3.11 bits per heavy atom. The molecule has 1 unspecified atom stereocenters. The van der Waals surface area contributed by atoms with Crippen molar-refractivity contribution in [1.29, 1.82) is 0 Å². The van der Waals surface area contributed by atoms with E-state index in [2.05, 4.69) is 20.3 Å². The molecule has 2 aromatic heterocycles. The van der Waals surface area contributed by atoms with Gasteiger partial charge in [0.1, 0.15) is 5.82 Å². The van der Waals surface area contributed by atoms with E-state index in [1.807, 2.05) is 25.3 Å². The Bertz CT molecular complexity index is 517. The summed E-state index contributed by atoms with van der Waals surface area (Å²) in [4.78, 5) is 12.1. The van der Waals surface area contributed by atoms with Crippen molar-refractivity contribution in [2.75, 3.05) is 19.8 Å². The van der Waals surface area contributed by atoms with Crippen LogP contribution in [-0.4, -0.2) is 34.7 Å². The molecule has 0 spiro atoms. The van der Waals surface area contributed by atoms with Crippen molar-refractivity contribution in [3.05, 3.63) is 36.0 Å². The number of aromatic amines is 1. The second kappa shape index (κ2) is 4.88. The van der Waals surface area contributed by atoms with Crippen LogP contribution in [0.2, 0.25) is 0 Å². The molecule has 1 aliphatic rings.